The van der Waals surface area contributed by atoms with E-state index in [0.29, 0.717) is 13.1 Å². The Labute approximate surface area is 150 Å². The van der Waals surface area contributed by atoms with Crippen molar-refractivity contribution in [2.75, 3.05) is 26.2 Å². The van der Waals surface area contributed by atoms with E-state index in [1.807, 2.05) is 19.1 Å². The SMILES string of the molecule is CC(CO)CNC(=O)NCc1ccccc1CN1CC(C)OC(C)C1. The zero-order chi connectivity index (χ0) is 18.2. The van der Waals surface area contributed by atoms with Crippen molar-refractivity contribution in [3.8, 4) is 0 Å². The number of urea groups is 1. The second-order valence-electron chi connectivity index (χ2n) is 7.07. The highest BCUT2D eigenvalue weighted by atomic mass is 16.5. The fraction of sp³-hybridized carbons (Fsp3) is 0.632. The number of aliphatic hydroxyl groups excluding tert-OH is 1. The lowest BCUT2D eigenvalue weighted by molar-refractivity contribution is -0.0705. The summed E-state index contributed by atoms with van der Waals surface area (Å²) in [7, 11) is 0. The average Bonchev–Trinajstić information content (AvgIpc) is 2.58. The van der Waals surface area contributed by atoms with Crippen molar-refractivity contribution in [2.24, 2.45) is 5.92 Å². The second-order valence-corrected chi connectivity index (χ2v) is 7.07. The summed E-state index contributed by atoms with van der Waals surface area (Å²) in [6, 6.07) is 8.00. The maximum atomic E-state index is 11.9. The zero-order valence-corrected chi connectivity index (χ0v) is 15.5. The van der Waals surface area contributed by atoms with Crippen molar-refractivity contribution >= 4 is 6.03 Å². The summed E-state index contributed by atoms with van der Waals surface area (Å²) in [6.07, 6.45) is 0.488. The number of carbonyl (C=O) groups excluding carboxylic acids is 1. The Bertz CT molecular complexity index is 542. The van der Waals surface area contributed by atoms with Crippen molar-refractivity contribution in [3.05, 3.63) is 35.4 Å². The van der Waals surface area contributed by atoms with Crippen LogP contribution in [0.1, 0.15) is 31.9 Å². The number of aliphatic hydroxyl groups is 1. The Morgan fingerprint density at radius 3 is 2.52 bits per heavy atom. The molecule has 2 amide bonds. The molecule has 6 nitrogen and oxygen atoms in total. The van der Waals surface area contributed by atoms with Gasteiger partial charge in [0.15, 0.2) is 0 Å². The lowest BCUT2D eigenvalue weighted by Gasteiger charge is -2.35. The zero-order valence-electron chi connectivity index (χ0n) is 15.5. The van der Waals surface area contributed by atoms with Crippen LogP contribution in [0.4, 0.5) is 4.79 Å². The lowest BCUT2D eigenvalue weighted by Crippen LogP contribution is -2.45. The van der Waals surface area contributed by atoms with Crippen LogP contribution < -0.4 is 10.6 Å². The molecule has 1 fully saturated rings. The number of amides is 2. The number of rotatable bonds is 7. The van der Waals surface area contributed by atoms with E-state index < -0.39 is 0 Å². The molecule has 1 saturated heterocycles. The third-order valence-corrected chi connectivity index (χ3v) is 4.37. The number of benzene rings is 1. The number of hydrogen-bond acceptors (Lipinski definition) is 4. The van der Waals surface area contributed by atoms with Crippen molar-refractivity contribution in [1.29, 1.82) is 0 Å². The largest absolute Gasteiger partial charge is 0.396 e. The third-order valence-electron chi connectivity index (χ3n) is 4.37. The summed E-state index contributed by atoms with van der Waals surface area (Å²) >= 11 is 0. The first-order valence-electron chi connectivity index (χ1n) is 9.05. The minimum absolute atomic E-state index is 0.0586. The minimum atomic E-state index is -0.205. The fourth-order valence-corrected chi connectivity index (χ4v) is 3.11. The van der Waals surface area contributed by atoms with Gasteiger partial charge >= 0.3 is 6.03 Å². The summed E-state index contributed by atoms with van der Waals surface area (Å²) in [5.41, 5.74) is 2.35. The van der Waals surface area contributed by atoms with Crippen molar-refractivity contribution in [1.82, 2.24) is 15.5 Å². The number of carbonyl (C=O) groups is 1. The van der Waals surface area contributed by atoms with Gasteiger partial charge in [-0.3, -0.25) is 4.90 Å². The molecule has 6 heteroatoms. The fourth-order valence-electron chi connectivity index (χ4n) is 3.11. The highest BCUT2D eigenvalue weighted by molar-refractivity contribution is 5.73. The molecular formula is C19H31N3O3. The maximum absolute atomic E-state index is 11.9. The van der Waals surface area contributed by atoms with Crippen LogP contribution in [0.3, 0.4) is 0 Å². The Balaban J connectivity index is 1.88. The first kappa shape index (κ1) is 19.7. The predicted molar refractivity (Wildman–Crippen MR) is 98.2 cm³/mol. The summed E-state index contributed by atoms with van der Waals surface area (Å²) in [6.45, 7) is 9.83. The van der Waals surface area contributed by atoms with E-state index >= 15 is 0 Å². The molecule has 1 aromatic rings. The second kappa shape index (κ2) is 9.75. The Kier molecular flexibility index (Phi) is 7.68. The standard InChI is InChI=1S/C19H31N3O3/c1-14(13-23)8-20-19(24)21-9-17-6-4-5-7-18(17)12-22-10-15(2)25-16(3)11-22/h4-7,14-16,23H,8-13H2,1-3H3,(H2,20,21,24). The van der Waals surface area contributed by atoms with E-state index in [-0.39, 0.29) is 30.8 Å². The van der Waals surface area contributed by atoms with Gasteiger partial charge < -0.3 is 20.5 Å². The molecule has 0 bridgehead atoms. The number of ether oxygens (including phenoxy) is 1. The van der Waals surface area contributed by atoms with E-state index in [1.54, 1.807) is 0 Å². The van der Waals surface area contributed by atoms with Crippen LogP contribution in [-0.2, 0) is 17.8 Å². The van der Waals surface area contributed by atoms with Crippen molar-refractivity contribution in [3.63, 3.8) is 0 Å². The van der Waals surface area contributed by atoms with E-state index in [2.05, 4.69) is 41.5 Å². The molecule has 0 radical (unpaired) electrons. The smallest absolute Gasteiger partial charge is 0.315 e. The van der Waals surface area contributed by atoms with Crippen LogP contribution in [0.25, 0.3) is 0 Å². The number of hydrogen-bond donors (Lipinski definition) is 3. The van der Waals surface area contributed by atoms with Crippen molar-refractivity contribution in [2.45, 2.75) is 46.1 Å². The highest BCUT2D eigenvalue weighted by Gasteiger charge is 2.22. The van der Waals surface area contributed by atoms with Crippen LogP contribution in [-0.4, -0.2) is 54.5 Å². The molecule has 3 N–H and O–H groups in total. The molecule has 0 aliphatic carbocycles. The molecular weight excluding hydrogens is 318 g/mol. The number of nitrogens with one attached hydrogen (secondary N) is 2. The summed E-state index contributed by atoms with van der Waals surface area (Å²) in [5, 5.41) is 14.7. The van der Waals surface area contributed by atoms with E-state index in [0.717, 1.165) is 25.2 Å². The third kappa shape index (κ3) is 6.65. The molecule has 0 spiro atoms. The highest BCUT2D eigenvalue weighted by Crippen LogP contribution is 2.17. The van der Waals surface area contributed by atoms with Crippen LogP contribution in [0.5, 0.6) is 0 Å². The first-order valence-corrected chi connectivity index (χ1v) is 9.05. The van der Waals surface area contributed by atoms with Gasteiger partial charge in [0.25, 0.3) is 0 Å². The topological polar surface area (TPSA) is 73.8 Å². The van der Waals surface area contributed by atoms with Gasteiger partial charge in [-0.25, -0.2) is 4.79 Å². The van der Waals surface area contributed by atoms with Gasteiger partial charge in [-0.15, -0.1) is 0 Å². The van der Waals surface area contributed by atoms with Gasteiger partial charge in [0.1, 0.15) is 0 Å². The van der Waals surface area contributed by atoms with E-state index in [9.17, 15) is 4.79 Å². The van der Waals surface area contributed by atoms with Gasteiger partial charge in [-0.05, 0) is 30.9 Å². The van der Waals surface area contributed by atoms with Gasteiger partial charge in [0.05, 0.1) is 12.2 Å². The Morgan fingerprint density at radius 2 is 1.88 bits per heavy atom. The molecule has 1 aliphatic rings. The normalized spacial score (nSPS) is 22.4. The first-order chi connectivity index (χ1) is 12.0. The van der Waals surface area contributed by atoms with Gasteiger partial charge in [-0.1, -0.05) is 31.2 Å². The number of morpholine rings is 1. The van der Waals surface area contributed by atoms with E-state index in [4.69, 9.17) is 9.84 Å². The molecule has 1 aromatic carbocycles. The van der Waals surface area contributed by atoms with Gasteiger partial charge in [0, 0.05) is 39.3 Å². The maximum Gasteiger partial charge on any atom is 0.315 e. The van der Waals surface area contributed by atoms with Crippen LogP contribution in [0.2, 0.25) is 0 Å². The number of nitrogens with zero attached hydrogens (tertiary/aromatic N) is 1. The van der Waals surface area contributed by atoms with E-state index in [1.165, 1.54) is 5.56 Å². The summed E-state index contributed by atoms with van der Waals surface area (Å²) < 4.78 is 5.79. The molecule has 1 aliphatic heterocycles. The predicted octanol–water partition coefficient (Wildman–Crippen LogP) is 1.72. The Hall–Kier alpha value is -1.63. The van der Waals surface area contributed by atoms with Gasteiger partial charge in [-0.2, -0.15) is 0 Å². The quantitative estimate of drug-likeness (QED) is 0.701. The lowest BCUT2D eigenvalue weighted by atomic mass is 10.1. The summed E-state index contributed by atoms with van der Waals surface area (Å²) in [4.78, 5) is 14.3. The molecule has 2 rings (SSSR count). The molecule has 0 saturated carbocycles. The monoisotopic (exact) mass is 349 g/mol. The Morgan fingerprint density at radius 1 is 1.24 bits per heavy atom. The molecule has 1 heterocycles. The molecule has 25 heavy (non-hydrogen) atoms. The molecule has 0 aromatic heterocycles. The molecule has 3 unspecified atom stereocenters. The van der Waals surface area contributed by atoms with Crippen LogP contribution in [0.15, 0.2) is 24.3 Å². The average molecular weight is 349 g/mol. The summed E-state index contributed by atoms with van der Waals surface area (Å²) in [5.74, 6) is 0.0586. The molecule has 140 valence electrons. The van der Waals surface area contributed by atoms with Crippen LogP contribution >= 0.6 is 0 Å². The van der Waals surface area contributed by atoms with Crippen LogP contribution in [0, 0.1) is 5.92 Å². The van der Waals surface area contributed by atoms with Crippen molar-refractivity contribution < 1.29 is 14.6 Å². The van der Waals surface area contributed by atoms with Gasteiger partial charge in [0.2, 0.25) is 0 Å². The minimum Gasteiger partial charge on any atom is -0.396 e. The molecule has 3 atom stereocenters.